The van der Waals surface area contributed by atoms with Crippen molar-refractivity contribution in [2.24, 2.45) is 0 Å². The van der Waals surface area contributed by atoms with E-state index >= 15 is 0 Å². The van der Waals surface area contributed by atoms with Crippen LogP contribution in [0.4, 0.5) is 5.82 Å². The summed E-state index contributed by atoms with van der Waals surface area (Å²) in [4.78, 5) is 11.1. The molecule has 0 saturated carbocycles. The largest absolute Gasteiger partial charge is 0.368 e. The maximum absolute atomic E-state index is 4.36. The fourth-order valence-corrected chi connectivity index (χ4v) is 2.88. The van der Waals surface area contributed by atoms with Crippen molar-refractivity contribution in [3.8, 4) is 0 Å². The first-order valence-electron chi connectivity index (χ1n) is 6.39. The molecule has 18 heavy (non-hydrogen) atoms. The second-order valence-electron chi connectivity index (χ2n) is 4.36. The molecule has 0 amide bonds. The molecule has 2 aromatic heterocycles. The zero-order valence-corrected chi connectivity index (χ0v) is 12.0. The number of anilines is 1. The molecule has 2 N–H and O–H groups in total. The molecule has 0 radical (unpaired) electrons. The lowest BCUT2D eigenvalue weighted by atomic mass is 10.2. The molecular formula is C13H20N4S. The van der Waals surface area contributed by atoms with Gasteiger partial charge < -0.3 is 10.6 Å². The van der Waals surface area contributed by atoms with Crippen molar-refractivity contribution in [2.75, 3.05) is 25.0 Å². The summed E-state index contributed by atoms with van der Waals surface area (Å²) in [5.41, 5.74) is 1.29. The first-order valence-corrected chi connectivity index (χ1v) is 7.21. The topological polar surface area (TPSA) is 49.8 Å². The van der Waals surface area contributed by atoms with E-state index < -0.39 is 0 Å². The van der Waals surface area contributed by atoms with E-state index in [-0.39, 0.29) is 0 Å². The molecule has 2 rings (SSSR count). The number of thiophene rings is 1. The maximum atomic E-state index is 4.36. The predicted molar refractivity (Wildman–Crippen MR) is 78.5 cm³/mol. The third kappa shape index (κ3) is 2.79. The van der Waals surface area contributed by atoms with Crippen molar-refractivity contribution in [1.29, 1.82) is 0 Å². The van der Waals surface area contributed by atoms with Crippen LogP contribution in [0.15, 0.2) is 6.33 Å². The van der Waals surface area contributed by atoms with E-state index in [1.165, 1.54) is 22.2 Å². The number of aromatic nitrogens is 2. The smallest absolute Gasteiger partial charge is 0.138 e. The normalized spacial score (nSPS) is 11.1. The molecular weight excluding hydrogens is 244 g/mol. The summed E-state index contributed by atoms with van der Waals surface area (Å²) >= 11 is 1.73. The lowest BCUT2D eigenvalue weighted by Crippen LogP contribution is -2.23. The van der Waals surface area contributed by atoms with Crippen LogP contribution in [0.3, 0.4) is 0 Å². The Hall–Kier alpha value is -1.20. The number of hydrogen-bond donors (Lipinski definition) is 2. The molecule has 0 unspecified atom stereocenters. The Kier molecular flexibility index (Phi) is 4.49. The summed E-state index contributed by atoms with van der Waals surface area (Å²) in [5, 5.41) is 7.94. The van der Waals surface area contributed by atoms with Gasteiger partial charge in [-0.05, 0) is 32.4 Å². The van der Waals surface area contributed by atoms with Crippen molar-refractivity contribution in [3.05, 3.63) is 16.8 Å². The van der Waals surface area contributed by atoms with Gasteiger partial charge in [0.05, 0.1) is 5.39 Å². The molecule has 0 fully saturated rings. The molecule has 0 aliphatic heterocycles. The molecule has 0 aliphatic rings. The molecule has 2 aromatic rings. The average molecular weight is 264 g/mol. The van der Waals surface area contributed by atoms with E-state index in [0.29, 0.717) is 0 Å². The predicted octanol–water partition coefficient (Wildman–Crippen LogP) is 2.72. The Morgan fingerprint density at radius 2 is 2.00 bits per heavy atom. The summed E-state index contributed by atoms with van der Waals surface area (Å²) in [7, 11) is 0. The third-order valence-electron chi connectivity index (χ3n) is 2.99. The van der Waals surface area contributed by atoms with Crippen LogP contribution in [0.25, 0.3) is 10.2 Å². The number of aryl methyl sites for hydroxylation is 2. The van der Waals surface area contributed by atoms with Gasteiger partial charge in [-0.3, -0.25) is 0 Å². The van der Waals surface area contributed by atoms with Crippen molar-refractivity contribution >= 4 is 27.4 Å². The average Bonchev–Trinajstić information content (AvgIpc) is 2.66. The van der Waals surface area contributed by atoms with Crippen LogP contribution >= 0.6 is 11.3 Å². The highest BCUT2D eigenvalue weighted by Crippen LogP contribution is 2.32. The summed E-state index contributed by atoms with van der Waals surface area (Å²) in [6.07, 6.45) is 2.81. The van der Waals surface area contributed by atoms with Gasteiger partial charge in [0.1, 0.15) is 17.0 Å². The molecule has 0 atom stereocenters. The summed E-state index contributed by atoms with van der Waals surface area (Å²) in [6.45, 7) is 9.36. The van der Waals surface area contributed by atoms with Crippen LogP contribution in [0.2, 0.25) is 0 Å². The van der Waals surface area contributed by atoms with Crippen LogP contribution in [0, 0.1) is 13.8 Å². The Morgan fingerprint density at radius 1 is 1.17 bits per heavy atom. The minimum atomic E-state index is 0.889. The molecule has 98 valence electrons. The molecule has 0 bridgehead atoms. The molecule has 0 spiro atoms. The monoisotopic (exact) mass is 264 g/mol. The molecule has 2 heterocycles. The molecule has 5 heteroatoms. The zero-order chi connectivity index (χ0) is 13.0. The van der Waals surface area contributed by atoms with Crippen LogP contribution in [-0.4, -0.2) is 29.6 Å². The van der Waals surface area contributed by atoms with E-state index in [0.717, 1.165) is 30.3 Å². The minimum absolute atomic E-state index is 0.889. The van der Waals surface area contributed by atoms with E-state index in [1.54, 1.807) is 17.7 Å². The number of nitrogens with one attached hydrogen (secondary N) is 2. The van der Waals surface area contributed by atoms with Gasteiger partial charge in [-0.25, -0.2) is 9.97 Å². The SMILES string of the molecule is CCCNCCNc1ncnc2sc(C)c(C)c12. The van der Waals surface area contributed by atoms with Gasteiger partial charge in [0.15, 0.2) is 0 Å². The Balaban J connectivity index is 2.08. The number of rotatable bonds is 6. The van der Waals surface area contributed by atoms with Gasteiger partial charge in [-0.15, -0.1) is 11.3 Å². The maximum Gasteiger partial charge on any atom is 0.138 e. The summed E-state index contributed by atoms with van der Waals surface area (Å²) in [5.74, 6) is 0.958. The number of nitrogens with zero attached hydrogens (tertiary/aromatic N) is 2. The van der Waals surface area contributed by atoms with E-state index in [4.69, 9.17) is 0 Å². The van der Waals surface area contributed by atoms with Gasteiger partial charge >= 0.3 is 0 Å². The highest BCUT2D eigenvalue weighted by Gasteiger charge is 2.10. The molecule has 0 saturated heterocycles. The lowest BCUT2D eigenvalue weighted by molar-refractivity contribution is 0.687. The number of hydrogen-bond acceptors (Lipinski definition) is 5. The van der Waals surface area contributed by atoms with Crippen molar-refractivity contribution in [1.82, 2.24) is 15.3 Å². The summed E-state index contributed by atoms with van der Waals surface area (Å²) in [6, 6.07) is 0. The van der Waals surface area contributed by atoms with Crippen molar-refractivity contribution < 1.29 is 0 Å². The fraction of sp³-hybridized carbons (Fsp3) is 0.538. The zero-order valence-electron chi connectivity index (χ0n) is 11.2. The standard InChI is InChI=1S/C13H20N4S/c1-4-5-14-6-7-15-12-11-9(2)10(3)18-13(11)17-8-16-12/h8,14H,4-7H2,1-3H3,(H,15,16,17). The quantitative estimate of drug-likeness (QED) is 0.788. The summed E-state index contributed by atoms with van der Waals surface area (Å²) < 4.78 is 0. The van der Waals surface area contributed by atoms with Crippen molar-refractivity contribution in [2.45, 2.75) is 27.2 Å². The van der Waals surface area contributed by atoms with Gasteiger partial charge in [0.2, 0.25) is 0 Å². The Morgan fingerprint density at radius 3 is 2.78 bits per heavy atom. The van der Waals surface area contributed by atoms with E-state index in [9.17, 15) is 0 Å². The van der Waals surface area contributed by atoms with E-state index in [1.807, 2.05) is 0 Å². The van der Waals surface area contributed by atoms with Crippen LogP contribution in [0.5, 0.6) is 0 Å². The molecule has 0 aliphatic carbocycles. The molecule has 0 aromatic carbocycles. The van der Waals surface area contributed by atoms with Crippen LogP contribution in [-0.2, 0) is 0 Å². The second-order valence-corrected chi connectivity index (χ2v) is 5.57. The highest BCUT2D eigenvalue weighted by atomic mass is 32.1. The minimum Gasteiger partial charge on any atom is -0.368 e. The number of fused-ring (bicyclic) bond motifs is 1. The highest BCUT2D eigenvalue weighted by molar-refractivity contribution is 7.18. The Labute approximate surface area is 112 Å². The van der Waals surface area contributed by atoms with E-state index in [2.05, 4.69) is 41.4 Å². The van der Waals surface area contributed by atoms with Gasteiger partial charge in [0, 0.05) is 18.0 Å². The first-order chi connectivity index (χ1) is 8.74. The van der Waals surface area contributed by atoms with Crippen LogP contribution < -0.4 is 10.6 Å². The molecule has 4 nitrogen and oxygen atoms in total. The van der Waals surface area contributed by atoms with Gasteiger partial charge in [-0.1, -0.05) is 6.92 Å². The third-order valence-corrected chi connectivity index (χ3v) is 4.10. The second kappa shape index (κ2) is 6.11. The fourth-order valence-electron chi connectivity index (χ4n) is 1.89. The Bertz CT molecular complexity index is 521. The lowest BCUT2D eigenvalue weighted by Gasteiger charge is -2.07. The van der Waals surface area contributed by atoms with Gasteiger partial charge in [-0.2, -0.15) is 0 Å². The van der Waals surface area contributed by atoms with Crippen molar-refractivity contribution in [3.63, 3.8) is 0 Å². The van der Waals surface area contributed by atoms with Crippen LogP contribution in [0.1, 0.15) is 23.8 Å². The van der Waals surface area contributed by atoms with Gasteiger partial charge in [0.25, 0.3) is 0 Å². The first kappa shape index (κ1) is 13.2.